The van der Waals surface area contributed by atoms with Gasteiger partial charge in [0.2, 0.25) is 11.8 Å². The molecule has 592 valence electrons. The van der Waals surface area contributed by atoms with Crippen molar-refractivity contribution in [2.24, 2.45) is 25.6 Å². The van der Waals surface area contributed by atoms with Gasteiger partial charge in [0.1, 0.15) is 40.3 Å². The number of nitrogens with one attached hydrogen (secondary N) is 5. The highest BCUT2D eigenvalue weighted by molar-refractivity contribution is 5.97. The lowest BCUT2D eigenvalue weighted by atomic mass is 9.86. The van der Waals surface area contributed by atoms with Gasteiger partial charge in [0.25, 0.3) is 17.7 Å². The smallest absolute Gasteiger partial charge is 0.251 e. The second-order valence-corrected chi connectivity index (χ2v) is 27.1. The van der Waals surface area contributed by atoms with E-state index in [-0.39, 0.29) is 86.5 Å². The molecular formula is C76H116N20O12. The van der Waals surface area contributed by atoms with E-state index in [0.717, 1.165) is 115 Å². The quantitative estimate of drug-likeness (QED) is 0.0152. The number of nitrogens with zero attached hydrogens (tertiary/aromatic N) is 15. The lowest BCUT2D eigenvalue weighted by Crippen LogP contribution is -2.53. The Kier molecular flexibility index (Phi) is 47.9. The molecule has 0 radical (unpaired) electrons. The molecule has 3 atom stereocenters. The van der Waals surface area contributed by atoms with Crippen molar-refractivity contribution in [1.82, 2.24) is 26.6 Å². The number of amides is 5. The third-order valence-electron chi connectivity index (χ3n) is 18.1. The first-order valence-electron chi connectivity index (χ1n) is 38.9. The van der Waals surface area contributed by atoms with Crippen LogP contribution >= 0.6 is 0 Å². The summed E-state index contributed by atoms with van der Waals surface area (Å²) >= 11 is 0. The van der Waals surface area contributed by atoms with Gasteiger partial charge in [-0.25, -0.2) is 0 Å². The normalized spacial score (nSPS) is 13.5. The maximum atomic E-state index is 15.2. The van der Waals surface area contributed by atoms with Crippen molar-refractivity contribution in [3.8, 4) is 34.5 Å². The first kappa shape index (κ1) is 90.4. The highest BCUT2D eigenvalue weighted by Gasteiger charge is 2.34. The number of rotatable bonds is 62. The van der Waals surface area contributed by atoms with Crippen LogP contribution in [0.5, 0.6) is 34.5 Å². The number of hydrogen-bond acceptors (Lipinski definition) is 17. The first-order valence-corrected chi connectivity index (χ1v) is 38.9. The van der Waals surface area contributed by atoms with Crippen LogP contribution in [0.4, 0.5) is 0 Å². The Morgan fingerprint density at radius 2 is 0.602 bits per heavy atom. The van der Waals surface area contributed by atoms with E-state index in [1.807, 2.05) is 0 Å². The summed E-state index contributed by atoms with van der Waals surface area (Å²) in [5.41, 5.74) is 46.4. The third kappa shape index (κ3) is 39.0. The van der Waals surface area contributed by atoms with E-state index in [0.29, 0.717) is 175 Å². The SMILES string of the molecule is CCCCCCCOc1cc(C(=O)N[C@H]2C[C@@H](NC(=O)c3cc(OCCCCCCN=[N+]=[N-])c(CCCCC(C)=O)c(OCCCCCCN=[N+]=[N-])c3)C[C@@H](NC(=O)c3cc(OCCCCCCN=[N+]=[N-])c(CNC(C)=O)c(OCCCCCCN=[N+]=[N-])c3)C2)cc(OCCCCCCN=[N+]=[N-])c1CNC(C)=O. The predicted octanol–water partition coefficient (Wildman–Crippen LogP) is 17.7. The van der Waals surface area contributed by atoms with Gasteiger partial charge < -0.3 is 59.8 Å². The topological polar surface area (TPSA) is 462 Å². The van der Waals surface area contributed by atoms with Gasteiger partial charge in [0.15, 0.2) is 0 Å². The lowest BCUT2D eigenvalue weighted by Gasteiger charge is -2.36. The number of unbranched alkanes of at least 4 members (excludes halogenated alkanes) is 20. The molecule has 0 spiro atoms. The van der Waals surface area contributed by atoms with Crippen LogP contribution in [0.1, 0.15) is 275 Å². The summed E-state index contributed by atoms with van der Waals surface area (Å²) in [5, 5.41) is 33.8. The summed E-state index contributed by atoms with van der Waals surface area (Å²) in [6.45, 7) is 10.3. The summed E-state index contributed by atoms with van der Waals surface area (Å²) in [6, 6.07) is 7.91. The van der Waals surface area contributed by atoms with Crippen molar-refractivity contribution < 1.29 is 57.2 Å². The fourth-order valence-electron chi connectivity index (χ4n) is 12.4. The van der Waals surface area contributed by atoms with Crippen molar-refractivity contribution in [3.05, 3.63) is 122 Å². The second-order valence-electron chi connectivity index (χ2n) is 27.1. The summed E-state index contributed by atoms with van der Waals surface area (Å²) in [4.78, 5) is 96.9. The van der Waals surface area contributed by atoms with Crippen LogP contribution in [0, 0.1) is 0 Å². The second kappa shape index (κ2) is 57.2. The van der Waals surface area contributed by atoms with Gasteiger partial charge in [-0.15, -0.1) is 0 Å². The van der Waals surface area contributed by atoms with Gasteiger partial charge in [-0.2, -0.15) is 0 Å². The van der Waals surface area contributed by atoms with Gasteiger partial charge in [-0.3, -0.25) is 24.0 Å². The Morgan fingerprint density at radius 1 is 0.352 bits per heavy atom. The fourth-order valence-corrected chi connectivity index (χ4v) is 12.4. The number of ketones is 1. The number of carbonyl (C=O) groups excluding carboxylic acids is 6. The Morgan fingerprint density at radius 3 is 0.843 bits per heavy atom. The van der Waals surface area contributed by atoms with Crippen molar-refractivity contribution in [1.29, 1.82) is 0 Å². The molecule has 0 bridgehead atoms. The average molecular weight is 1500 g/mol. The van der Waals surface area contributed by atoms with Crippen molar-refractivity contribution in [2.45, 2.75) is 264 Å². The number of Topliss-reactive ketones (excluding diaryl/α,β-unsaturated/α-hetero) is 1. The van der Waals surface area contributed by atoms with Crippen molar-refractivity contribution in [3.63, 3.8) is 0 Å². The third-order valence-corrected chi connectivity index (χ3v) is 18.1. The molecule has 108 heavy (non-hydrogen) atoms. The summed E-state index contributed by atoms with van der Waals surface area (Å²) in [6.07, 6.45) is 22.4. The minimum Gasteiger partial charge on any atom is -0.493 e. The van der Waals surface area contributed by atoms with Crippen molar-refractivity contribution >= 4 is 35.3 Å². The number of hydrogen-bond donors (Lipinski definition) is 5. The molecule has 1 fully saturated rings. The fraction of sp³-hybridized carbons (Fsp3) is 0.684. The molecule has 1 saturated carbocycles. The molecule has 5 N–H and O–H groups in total. The van der Waals surface area contributed by atoms with E-state index in [1.54, 1.807) is 43.3 Å². The molecule has 0 aliphatic heterocycles. The van der Waals surface area contributed by atoms with Crippen LogP contribution in [-0.4, -0.2) is 126 Å². The average Bonchev–Trinajstić information content (AvgIpc) is 0.817. The number of ether oxygens (including phenoxy) is 6. The van der Waals surface area contributed by atoms with Gasteiger partial charge in [-0.1, -0.05) is 122 Å². The molecule has 1 aliphatic carbocycles. The summed E-state index contributed by atoms with van der Waals surface area (Å²) in [7, 11) is 0. The maximum absolute atomic E-state index is 15.2. The Hall–Kier alpha value is -9.97. The van der Waals surface area contributed by atoms with Crippen LogP contribution in [0.2, 0.25) is 0 Å². The molecule has 0 saturated heterocycles. The van der Waals surface area contributed by atoms with E-state index < -0.39 is 35.8 Å². The highest BCUT2D eigenvalue weighted by Crippen LogP contribution is 2.37. The van der Waals surface area contributed by atoms with Gasteiger partial charge in [0, 0.05) is 118 Å². The van der Waals surface area contributed by atoms with Crippen molar-refractivity contribution in [2.75, 3.05) is 72.4 Å². The molecule has 3 aromatic rings. The minimum absolute atomic E-state index is 0.0266. The number of benzene rings is 3. The molecule has 0 aromatic heterocycles. The van der Waals surface area contributed by atoms with E-state index >= 15 is 14.4 Å². The Labute approximate surface area is 635 Å². The van der Waals surface area contributed by atoms with E-state index in [1.165, 1.54) is 13.8 Å². The number of carbonyl (C=O) groups is 6. The van der Waals surface area contributed by atoms with E-state index in [4.69, 9.17) is 56.1 Å². The molecule has 1 aliphatic rings. The molecule has 0 heterocycles. The largest absolute Gasteiger partial charge is 0.493 e. The minimum atomic E-state index is -0.684. The van der Waals surface area contributed by atoms with Crippen LogP contribution in [0.25, 0.3) is 52.2 Å². The summed E-state index contributed by atoms with van der Waals surface area (Å²) in [5.74, 6) is 0.299. The van der Waals surface area contributed by atoms with Gasteiger partial charge in [-0.05, 0) is 180 Å². The van der Waals surface area contributed by atoms with Crippen LogP contribution in [0.15, 0.2) is 62.0 Å². The van der Waals surface area contributed by atoms with Gasteiger partial charge >= 0.3 is 0 Å². The first-order chi connectivity index (χ1) is 52.6. The summed E-state index contributed by atoms with van der Waals surface area (Å²) < 4.78 is 39.1. The molecule has 0 unspecified atom stereocenters. The maximum Gasteiger partial charge on any atom is 0.251 e. The molecule has 32 nitrogen and oxygen atoms in total. The molecule has 3 aromatic carbocycles. The zero-order chi connectivity index (χ0) is 78.0. The zero-order valence-electron chi connectivity index (χ0n) is 64.1. The van der Waals surface area contributed by atoms with E-state index in [9.17, 15) is 14.4 Å². The molecule has 4 rings (SSSR count). The number of azide groups is 5. The molecular weight excluding hydrogens is 1380 g/mol. The van der Waals surface area contributed by atoms with Gasteiger partial charge in [0.05, 0.1) is 63.9 Å². The predicted molar refractivity (Wildman–Crippen MR) is 414 cm³/mol. The van der Waals surface area contributed by atoms with Crippen LogP contribution in [0.3, 0.4) is 0 Å². The standard InChI is InChI=1S/C76H116N20O12/c1-5-6-7-13-26-41-105-70-47-60(48-71(66(70)54-82-57(3)98)106-42-29-16-10-23-36-86-94-79)75(101)90-63-51-62(89-74(100)59-45-68(103-39-27-14-8-21-34-84-92-77)65(33-20-19-32-56(2)97)69(46-59)104-40-28-15-9-22-35-85-93-78)52-64(53-63)91-76(102)61-49-72(107-43-30-17-11-24-37-87-95-80)67(55-83-58(4)99)73(50-61)108-44-31-18-12-25-38-88-96-81/h45-50,62-64H,5-44,51-55H2,1-4H3,(H,82,98)(H,83,99)(H,89,100)(H,90,101)(H,91,102)/t62-,63+,64-/m1/s1. The van der Waals surface area contributed by atoms with E-state index in [2.05, 4.69) is 83.6 Å². The Balaban J connectivity index is 1.86. The monoisotopic (exact) mass is 1500 g/mol. The van der Waals surface area contributed by atoms with Crippen LogP contribution in [-0.2, 0) is 33.9 Å². The Bertz CT molecular complexity index is 3390. The highest BCUT2D eigenvalue weighted by atomic mass is 16.5. The molecule has 5 amide bonds. The zero-order valence-corrected chi connectivity index (χ0v) is 64.1. The van der Waals surface area contributed by atoms with Crippen LogP contribution < -0.4 is 55.0 Å². The molecule has 32 heteroatoms. The lowest BCUT2D eigenvalue weighted by molar-refractivity contribution is -0.120.